The fraction of sp³-hybridized carbons (Fsp3) is 0.474. The van der Waals surface area contributed by atoms with E-state index in [1.807, 2.05) is 29.6 Å². The summed E-state index contributed by atoms with van der Waals surface area (Å²) in [7, 11) is 1.65. The SMILES string of the molecule is COc1ccccc1-c1csc(NC(=O)CC(C)C2CCCNC2)n1.Cl. The number of nitrogens with one attached hydrogen (secondary N) is 2. The molecule has 0 radical (unpaired) electrons. The van der Waals surface area contributed by atoms with Crippen LogP contribution in [0.4, 0.5) is 5.13 Å². The molecule has 2 atom stereocenters. The van der Waals surface area contributed by atoms with Gasteiger partial charge in [-0.25, -0.2) is 4.98 Å². The molecule has 26 heavy (non-hydrogen) atoms. The Hall–Kier alpha value is -1.63. The normalized spacial score (nSPS) is 17.8. The van der Waals surface area contributed by atoms with E-state index in [1.54, 1.807) is 7.11 Å². The van der Waals surface area contributed by atoms with Gasteiger partial charge in [0.1, 0.15) is 5.75 Å². The van der Waals surface area contributed by atoms with Crippen molar-refractivity contribution in [2.45, 2.75) is 26.2 Å². The summed E-state index contributed by atoms with van der Waals surface area (Å²) < 4.78 is 5.38. The third-order valence-corrected chi connectivity index (χ3v) is 5.54. The fourth-order valence-corrected chi connectivity index (χ4v) is 4.03. The van der Waals surface area contributed by atoms with Crippen molar-refractivity contribution in [2.75, 3.05) is 25.5 Å². The van der Waals surface area contributed by atoms with Crippen LogP contribution in [0.1, 0.15) is 26.2 Å². The van der Waals surface area contributed by atoms with E-state index >= 15 is 0 Å². The highest BCUT2D eigenvalue weighted by molar-refractivity contribution is 7.14. The number of halogens is 1. The van der Waals surface area contributed by atoms with Crippen LogP contribution in [0.5, 0.6) is 5.75 Å². The molecule has 3 rings (SSSR count). The summed E-state index contributed by atoms with van der Waals surface area (Å²) in [4.78, 5) is 16.9. The number of thiazole rings is 1. The van der Waals surface area contributed by atoms with Crippen LogP contribution in [0.25, 0.3) is 11.3 Å². The minimum absolute atomic E-state index is 0. The molecule has 0 spiro atoms. The summed E-state index contributed by atoms with van der Waals surface area (Å²) >= 11 is 1.44. The van der Waals surface area contributed by atoms with Crippen LogP contribution in [0.3, 0.4) is 0 Å². The Labute approximate surface area is 165 Å². The van der Waals surface area contributed by atoms with Gasteiger partial charge in [0.2, 0.25) is 5.91 Å². The van der Waals surface area contributed by atoms with Crippen molar-refractivity contribution >= 4 is 34.8 Å². The number of nitrogens with zero attached hydrogens (tertiary/aromatic N) is 1. The first-order chi connectivity index (χ1) is 12.2. The molecule has 2 heterocycles. The number of methoxy groups -OCH3 is 1. The summed E-state index contributed by atoms with van der Waals surface area (Å²) in [5, 5.41) is 8.95. The molecule has 1 aromatic carbocycles. The number of hydrogen-bond donors (Lipinski definition) is 2. The number of carbonyl (C=O) groups excluding carboxylic acids is 1. The fourth-order valence-electron chi connectivity index (χ4n) is 3.30. The summed E-state index contributed by atoms with van der Waals surface area (Å²) in [6.07, 6.45) is 2.94. The standard InChI is InChI=1S/C19H25N3O2S.ClH/c1-13(14-6-5-9-20-11-14)10-18(23)22-19-21-16(12-25-19)15-7-3-4-8-17(15)24-2;/h3-4,7-8,12-14,20H,5-6,9-11H2,1-2H3,(H,21,22,23);1H. The Morgan fingerprint density at radius 3 is 3.00 bits per heavy atom. The lowest BCUT2D eigenvalue weighted by atomic mass is 9.85. The summed E-state index contributed by atoms with van der Waals surface area (Å²) in [6, 6.07) is 7.76. The van der Waals surface area contributed by atoms with Gasteiger partial charge in [-0.3, -0.25) is 4.79 Å². The van der Waals surface area contributed by atoms with Crippen LogP contribution in [0.2, 0.25) is 0 Å². The smallest absolute Gasteiger partial charge is 0.226 e. The van der Waals surface area contributed by atoms with Gasteiger partial charge in [-0.05, 0) is 49.9 Å². The van der Waals surface area contributed by atoms with Gasteiger partial charge in [0.05, 0.1) is 12.8 Å². The average molecular weight is 396 g/mol. The van der Waals surface area contributed by atoms with E-state index in [4.69, 9.17) is 4.74 Å². The van der Waals surface area contributed by atoms with Crippen molar-refractivity contribution in [2.24, 2.45) is 11.8 Å². The highest BCUT2D eigenvalue weighted by atomic mass is 35.5. The van der Waals surface area contributed by atoms with Crippen LogP contribution in [0, 0.1) is 11.8 Å². The molecule has 1 aliphatic heterocycles. The maximum Gasteiger partial charge on any atom is 0.226 e. The molecule has 1 amide bonds. The minimum atomic E-state index is 0. The van der Waals surface area contributed by atoms with Crippen molar-refractivity contribution < 1.29 is 9.53 Å². The maximum absolute atomic E-state index is 12.3. The van der Waals surface area contributed by atoms with Gasteiger partial charge < -0.3 is 15.4 Å². The molecule has 0 bridgehead atoms. The Kier molecular flexibility index (Phi) is 7.87. The maximum atomic E-state index is 12.3. The second kappa shape index (κ2) is 9.90. The average Bonchev–Trinajstić information content (AvgIpc) is 3.10. The lowest BCUT2D eigenvalue weighted by molar-refractivity contribution is -0.117. The van der Waals surface area contributed by atoms with E-state index in [0.29, 0.717) is 23.4 Å². The van der Waals surface area contributed by atoms with Crippen LogP contribution < -0.4 is 15.4 Å². The number of hydrogen-bond acceptors (Lipinski definition) is 5. The lowest BCUT2D eigenvalue weighted by Crippen LogP contribution is -2.34. The number of carbonyl (C=O) groups is 1. The number of piperidine rings is 1. The zero-order valence-electron chi connectivity index (χ0n) is 15.2. The van der Waals surface area contributed by atoms with Crippen LogP contribution >= 0.6 is 23.7 Å². The van der Waals surface area contributed by atoms with Gasteiger partial charge in [0.15, 0.2) is 5.13 Å². The third-order valence-electron chi connectivity index (χ3n) is 4.78. The van der Waals surface area contributed by atoms with E-state index < -0.39 is 0 Å². The van der Waals surface area contributed by atoms with Crippen molar-refractivity contribution in [3.63, 3.8) is 0 Å². The zero-order valence-corrected chi connectivity index (χ0v) is 16.8. The molecule has 1 aliphatic rings. The first kappa shape index (κ1) is 20.7. The molecular weight excluding hydrogens is 370 g/mol. The number of anilines is 1. The number of rotatable bonds is 6. The summed E-state index contributed by atoms with van der Waals surface area (Å²) in [5.41, 5.74) is 1.76. The molecule has 2 unspecified atom stereocenters. The van der Waals surface area contributed by atoms with E-state index in [1.165, 1.54) is 24.2 Å². The predicted octanol–water partition coefficient (Wildman–Crippen LogP) is 4.20. The minimum Gasteiger partial charge on any atom is -0.496 e. The van der Waals surface area contributed by atoms with E-state index in [-0.39, 0.29) is 18.3 Å². The van der Waals surface area contributed by atoms with Crippen molar-refractivity contribution in [1.82, 2.24) is 10.3 Å². The molecule has 5 nitrogen and oxygen atoms in total. The molecule has 2 N–H and O–H groups in total. The highest BCUT2D eigenvalue weighted by Crippen LogP contribution is 2.32. The third kappa shape index (κ3) is 5.19. The molecule has 0 saturated carbocycles. The van der Waals surface area contributed by atoms with Gasteiger partial charge in [-0.15, -0.1) is 23.7 Å². The number of benzene rings is 1. The molecule has 142 valence electrons. The van der Waals surface area contributed by atoms with E-state index in [9.17, 15) is 4.79 Å². The van der Waals surface area contributed by atoms with E-state index in [0.717, 1.165) is 30.1 Å². The number of amides is 1. The molecule has 2 aromatic rings. The monoisotopic (exact) mass is 395 g/mol. The highest BCUT2D eigenvalue weighted by Gasteiger charge is 2.22. The number of ether oxygens (including phenoxy) is 1. The first-order valence-corrected chi connectivity index (χ1v) is 9.65. The van der Waals surface area contributed by atoms with Crippen molar-refractivity contribution in [3.05, 3.63) is 29.6 Å². The second-order valence-electron chi connectivity index (χ2n) is 6.57. The molecular formula is C19H26ClN3O2S. The van der Waals surface area contributed by atoms with Gasteiger partial charge >= 0.3 is 0 Å². The Morgan fingerprint density at radius 2 is 2.27 bits per heavy atom. The van der Waals surface area contributed by atoms with Gasteiger partial charge in [0, 0.05) is 17.4 Å². The Bertz CT molecular complexity index is 716. The predicted molar refractivity (Wildman–Crippen MR) is 109 cm³/mol. The molecule has 7 heteroatoms. The molecule has 0 aliphatic carbocycles. The van der Waals surface area contributed by atoms with Crippen LogP contribution in [-0.2, 0) is 4.79 Å². The van der Waals surface area contributed by atoms with Crippen molar-refractivity contribution in [3.8, 4) is 17.0 Å². The van der Waals surface area contributed by atoms with Gasteiger partial charge in [-0.2, -0.15) is 0 Å². The largest absolute Gasteiger partial charge is 0.496 e. The van der Waals surface area contributed by atoms with Crippen LogP contribution in [-0.4, -0.2) is 31.1 Å². The summed E-state index contributed by atoms with van der Waals surface area (Å²) in [5.74, 6) is 1.78. The summed E-state index contributed by atoms with van der Waals surface area (Å²) in [6.45, 7) is 4.28. The quantitative estimate of drug-likeness (QED) is 0.769. The second-order valence-corrected chi connectivity index (χ2v) is 7.43. The van der Waals surface area contributed by atoms with Gasteiger partial charge in [-0.1, -0.05) is 19.1 Å². The zero-order chi connectivity index (χ0) is 17.6. The molecule has 1 saturated heterocycles. The number of aromatic nitrogens is 1. The Morgan fingerprint density at radius 1 is 1.46 bits per heavy atom. The van der Waals surface area contributed by atoms with Crippen molar-refractivity contribution in [1.29, 1.82) is 0 Å². The molecule has 1 fully saturated rings. The Balaban J connectivity index is 0.00000243. The van der Waals surface area contributed by atoms with Gasteiger partial charge in [0.25, 0.3) is 0 Å². The lowest BCUT2D eigenvalue weighted by Gasteiger charge is -2.27. The van der Waals surface area contributed by atoms with Crippen LogP contribution in [0.15, 0.2) is 29.6 Å². The number of para-hydroxylation sites is 1. The molecule has 1 aromatic heterocycles. The topological polar surface area (TPSA) is 63.2 Å². The first-order valence-electron chi connectivity index (χ1n) is 8.77. The van der Waals surface area contributed by atoms with E-state index in [2.05, 4.69) is 22.5 Å².